The summed E-state index contributed by atoms with van der Waals surface area (Å²) in [6, 6.07) is 0.321. The number of rotatable bonds is 5. The van der Waals surface area contributed by atoms with E-state index in [1.165, 1.54) is 0 Å². The summed E-state index contributed by atoms with van der Waals surface area (Å²) < 4.78 is 2.00. The third-order valence-corrected chi connectivity index (χ3v) is 5.75. The first-order valence-electron chi connectivity index (χ1n) is 9.64. The van der Waals surface area contributed by atoms with Crippen molar-refractivity contribution >= 4 is 5.91 Å². The van der Waals surface area contributed by atoms with Gasteiger partial charge in [-0.3, -0.25) is 9.69 Å². The predicted molar refractivity (Wildman–Crippen MR) is 97.4 cm³/mol. The predicted octanol–water partition coefficient (Wildman–Crippen LogP) is 0.912. The maximum Gasteiger partial charge on any atom is 0.239 e. The lowest BCUT2D eigenvalue weighted by Gasteiger charge is -2.38. The van der Waals surface area contributed by atoms with Gasteiger partial charge in [0.25, 0.3) is 0 Å². The zero-order valence-corrected chi connectivity index (χ0v) is 16.1. The van der Waals surface area contributed by atoms with Gasteiger partial charge < -0.3 is 9.80 Å². The maximum atomic E-state index is 13.0. The van der Waals surface area contributed by atoms with Crippen molar-refractivity contribution in [2.45, 2.75) is 59.2 Å². The fourth-order valence-corrected chi connectivity index (χ4v) is 4.19. The molecule has 2 saturated heterocycles. The van der Waals surface area contributed by atoms with Gasteiger partial charge in [0.15, 0.2) is 0 Å². The third-order valence-electron chi connectivity index (χ3n) is 5.75. The molecule has 3 heterocycles. The van der Waals surface area contributed by atoms with E-state index in [4.69, 9.17) is 0 Å². The lowest BCUT2D eigenvalue weighted by molar-refractivity contribution is -0.138. The summed E-state index contributed by atoms with van der Waals surface area (Å²) in [7, 11) is 0. The Hall–Kier alpha value is -1.47. The maximum absolute atomic E-state index is 13.0. The number of piperazine rings is 1. The average Bonchev–Trinajstić information content (AvgIpc) is 3.20. The van der Waals surface area contributed by atoms with E-state index in [-0.39, 0.29) is 11.9 Å². The number of nitrogens with zero attached hydrogens (tertiary/aromatic N) is 6. The van der Waals surface area contributed by atoms with Gasteiger partial charge in [0.2, 0.25) is 5.91 Å². The van der Waals surface area contributed by atoms with Crippen LogP contribution in [0.5, 0.6) is 0 Å². The Bertz CT molecular complexity index is 592. The second-order valence-corrected chi connectivity index (χ2v) is 7.36. The lowest BCUT2D eigenvalue weighted by atomic mass is 10.1. The number of likely N-dealkylation sites (N-methyl/N-ethyl adjacent to an activating group) is 1. The van der Waals surface area contributed by atoms with Crippen LogP contribution in [0.15, 0.2) is 0 Å². The number of carbonyl (C=O) groups is 1. The molecule has 0 aliphatic carbocycles. The third kappa shape index (κ3) is 4.03. The van der Waals surface area contributed by atoms with Crippen LogP contribution >= 0.6 is 0 Å². The van der Waals surface area contributed by atoms with Crippen LogP contribution in [0.3, 0.4) is 0 Å². The first-order chi connectivity index (χ1) is 12.0. The van der Waals surface area contributed by atoms with Crippen LogP contribution in [-0.4, -0.2) is 86.7 Å². The molecule has 7 nitrogen and oxygen atoms in total. The molecule has 0 unspecified atom stereocenters. The van der Waals surface area contributed by atoms with Crippen molar-refractivity contribution in [2.24, 2.45) is 0 Å². The van der Waals surface area contributed by atoms with Crippen LogP contribution in [0, 0.1) is 13.8 Å². The quantitative estimate of drug-likeness (QED) is 0.792. The number of amides is 1. The zero-order chi connectivity index (χ0) is 18.0. The van der Waals surface area contributed by atoms with Crippen LogP contribution in [0.25, 0.3) is 0 Å². The number of aromatic nitrogens is 3. The highest BCUT2D eigenvalue weighted by molar-refractivity contribution is 5.81. The summed E-state index contributed by atoms with van der Waals surface area (Å²) in [5.74, 6) is 2.06. The molecule has 0 bridgehead atoms. The molecule has 2 aliphatic heterocycles. The van der Waals surface area contributed by atoms with E-state index in [2.05, 4.69) is 38.6 Å². The lowest BCUT2D eigenvalue weighted by Crippen LogP contribution is -2.55. The summed E-state index contributed by atoms with van der Waals surface area (Å²) in [6.45, 7) is 14.8. The minimum Gasteiger partial charge on any atom is -0.339 e. The van der Waals surface area contributed by atoms with Crippen molar-refractivity contribution in [2.75, 3.05) is 39.3 Å². The van der Waals surface area contributed by atoms with Crippen molar-refractivity contribution < 1.29 is 4.79 Å². The zero-order valence-electron chi connectivity index (χ0n) is 16.1. The van der Waals surface area contributed by atoms with Gasteiger partial charge in [0.05, 0.1) is 12.6 Å². The molecule has 2 atom stereocenters. The molecule has 0 spiro atoms. The summed E-state index contributed by atoms with van der Waals surface area (Å²) in [4.78, 5) is 24.2. The molecule has 0 N–H and O–H groups in total. The Labute approximate surface area is 151 Å². The van der Waals surface area contributed by atoms with Gasteiger partial charge in [-0.2, -0.15) is 5.10 Å². The smallest absolute Gasteiger partial charge is 0.239 e. The first kappa shape index (κ1) is 18.3. The molecule has 1 aromatic rings. The van der Waals surface area contributed by atoms with Gasteiger partial charge in [-0.05, 0) is 46.7 Å². The molecule has 140 valence electrons. The molecule has 0 radical (unpaired) electrons. The van der Waals surface area contributed by atoms with E-state index in [0.717, 1.165) is 70.3 Å². The van der Waals surface area contributed by atoms with Gasteiger partial charge >= 0.3 is 0 Å². The number of aryl methyl sites for hydroxylation is 2. The van der Waals surface area contributed by atoms with E-state index in [0.29, 0.717) is 6.04 Å². The summed E-state index contributed by atoms with van der Waals surface area (Å²) >= 11 is 0. The van der Waals surface area contributed by atoms with Gasteiger partial charge in [-0.25, -0.2) is 9.67 Å². The Morgan fingerprint density at radius 1 is 1.20 bits per heavy atom. The van der Waals surface area contributed by atoms with E-state index >= 15 is 0 Å². The molecule has 0 saturated carbocycles. The Morgan fingerprint density at radius 2 is 1.92 bits per heavy atom. The largest absolute Gasteiger partial charge is 0.339 e. The van der Waals surface area contributed by atoms with Crippen LogP contribution < -0.4 is 0 Å². The van der Waals surface area contributed by atoms with Crippen LogP contribution in [0.4, 0.5) is 0 Å². The van der Waals surface area contributed by atoms with Crippen molar-refractivity contribution in [3.05, 3.63) is 11.6 Å². The van der Waals surface area contributed by atoms with Crippen LogP contribution in [0.2, 0.25) is 0 Å². The Kier molecular flexibility index (Phi) is 5.74. The fourth-order valence-electron chi connectivity index (χ4n) is 4.19. The number of likely N-dealkylation sites (tertiary alicyclic amines) is 1. The number of hydrogen-bond donors (Lipinski definition) is 0. The van der Waals surface area contributed by atoms with E-state index in [1.54, 1.807) is 0 Å². The van der Waals surface area contributed by atoms with E-state index in [9.17, 15) is 4.79 Å². The fraction of sp³-hybridized carbons (Fsp3) is 0.833. The van der Waals surface area contributed by atoms with E-state index < -0.39 is 0 Å². The Morgan fingerprint density at radius 3 is 2.52 bits per heavy atom. The highest BCUT2D eigenvalue weighted by Gasteiger charge is 2.35. The standard InChI is InChI=1S/C18H32N6O/c1-5-21-9-11-22(12-10-21)18(25)14(2)23-8-6-7-17(23)13-24-16(4)19-15(3)20-24/h14,17H,5-13H2,1-4H3/t14-,17-/m0/s1. The monoisotopic (exact) mass is 348 g/mol. The normalized spacial score (nSPS) is 24.0. The van der Waals surface area contributed by atoms with Crippen molar-refractivity contribution in [3.63, 3.8) is 0 Å². The van der Waals surface area contributed by atoms with Crippen molar-refractivity contribution in [1.82, 2.24) is 29.5 Å². The highest BCUT2D eigenvalue weighted by atomic mass is 16.2. The molecule has 25 heavy (non-hydrogen) atoms. The highest BCUT2D eigenvalue weighted by Crippen LogP contribution is 2.23. The molecule has 2 aliphatic rings. The second kappa shape index (κ2) is 7.83. The Balaban J connectivity index is 1.61. The van der Waals surface area contributed by atoms with Gasteiger partial charge in [-0.15, -0.1) is 0 Å². The second-order valence-electron chi connectivity index (χ2n) is 7.36. The van der Waals surface area contributed by atoms with Crippen LogP contribution in [0.1, 0.15) is 38.3 Å². The molecule has 3 rings (SSSR count). The van der Waals surface area contributed by atoms with Gasteiger partial charge in [-0.1, -0.05) is 6.92 Å². The molecular formula is C18H32N6O. The van der Waals surface area contributed by atoms with Crippen molar-refractivity contribution in [3.8, 4) is 0 Å². The molecular weight excluding hydrogens is 316 g/mol. The summed E-state index contributed by atoms with van der Waals surface area (Å²) in [5, 5.41) is 4.50. The number of hydrogen-bond acceptors (Lipinski definition) is 5. The minimum atomic E-state index is -0.0504. The molecule has 7 heteroatoms. The van der Waals surface area contributed by atoms with E-state index in [1.807, 2.05) is 18.5 Å². The van der Waals surface area contributed by atoms with Gasteiger partial charge in [0, 0.05) is 32.2 Å². The molecule has 1 amide bonds. The number of carbonyl (C=O) groups excluding carboxylic acids is 1. The average molecular weight is 348 g/mol. The SMILES string of the molecule is CCN1CCN(C(=O)[C@H](C)N2CCC[C@H]2Cn2nc(C)nc2C)CC1. The van der Waals surface area contributed by atoms with Crippen LogP contribution in [-0.2, 0) is 11.3 Å². The molecule has 0 aromatic carbocycles. The summed E-state index contributed by atoms with van der Waals surface area (Å²) in [6.07, 6.45) is 2.28. The molecule has 2 fully saturated rings. The van der Waals surface area contributed by atoms with Crippen molar-refractivity contribution in [1.29, 1.82) is 0 Å². The summed E-state index contributed by atoms with van der Waals surface area (Å²) in [5.41, 5.74) is 0. The minimum absolute atomic E-state index is 0.0504. The molecule has 1 aromatic heterocycles. The topological polar surface area (TPSA) is 57.5 Å². The van der Waals surface area contributed by atoms with Gasteiger partial charge in [0.1, 0.15) is 11.6 Å². The first-order valence-corrected chi connectivity index (χ1v) is 9.64.